The zero-order chi connectivity index (χ0) is 14.9. The van der Waals surface area contributed by atoms with Crippen LogP contribution in [0, 0.1) is 11.6 Å². The van der Waals surface area contributed by atoms with Crippen molar-refractivity contribution in [1.82, 2.24) is 0 Å². The summed E-state index contributed by atoms with van der Waals surface area (Å²) in [4.78, 5) is 0. The first kappa shape index (κ1) is 15.4. The second-order valence-corrected chi connectivity index (χ2v) is 5.29. The molecule has 0 aliphatic rings. The fourth-order valence-corrected chi connectivity index (χ4v) is 2.69. The smallest absolute Gasteiger partial charge is 0.138 e. The lowest BCUT2D eigenvalue weighted by Gasteiger charge is -2.15. The molecule has 0 aliphatic heterocycles. The van der Waals surface area contributed by atoms with Gasteiger partial charge in [-0.2, -0.15) is 0 Å². The maximum Gasteiger partial charge on any atom is 0.138 e. The van der Waals surface area contributed by atoms with Crippen LogP contribution < -0.4 is 4.74 Å². The van der Waals surface area contributed by atoms with Crippen LogP contribution in [0.15, 0.2) is 30.3 Å². The van der Waals surface area contributed by atoms with Crippen LogP contribution >= 0.6 is 34.8 Å². The van der Waals surface area contributed by atoms with Crippen LogP contribution in [0.3, 0.4) is 0 Å². The van der Waals surface area contributed by atoms with E-state index < -0.39 is 17.0 Å². The predicted molar refractivity (Wildman–Crippen MR) is 77.1 cm³/mol. The lowest BCUT2D eigenvalue weighted by Crippen LogP contribution is -1.99. The molecule has 0 bridgehead atoms. The Bertz CT molecular complexity index is 647. The minimum absolute atomic E-state index is 0.121. The van der Waals surface area contributed by atoms with Crippen LogP contribution in [0.2, 0.25) is 10.0 Å². The molecule has 0 saturated carbocycles. The Balaban J connectivity index is 2.48. The summed E-state index contributed by atoms with van der Waals surface area (Å²) in [5.74, 6) is -1.02. The Hall–Kier alpha value is -1.03. The first-order valence-corrected chi connectivity index (χ1v) is 6.75. The second-order valence-electron chi connectivity index (χ2n) is 4.04. The molecule has 0 aromatic heterocycles. The fourth-order valence-electron chi connectivity index (χ4n) is 1.77. The van der Waals surface area contributed by atoms with Gasteiger partial charge in [-0.15, -0.1) is 11.6 Å². The third-order valence-corrected chi connectivity index (χ3v) is 3.87. The van der Waals surface area contributed by atoms with Crippen LogP contribution in [0.4, 0.5) is 8.78 Å². The van der Waals surface area contributed by atoms with E-state index in [0.29, 0.717) is 16.3 Å². The van der Waals surface area contributed by atoms with E-state index in [9.17, 15) is 8.78 Å². The van der Waals surface area contributed by atoms with Crippen LogP contribution in [-0.2, 0) is 0 Å². The number of hydrogen-bond donors (Lipinski definition) is 0. The van der Waals surface area contributed by atoms with Gasteiger partial charge in [-0.05, 0) is 17.7 Å². The van der Waals surface area contributed by atoms with Crippen LogP contribution in [0.5, 0.6) is 5.75 Å². The zero-order valence-electron chi connectivity index (χ0n) is 10.3. The minimum atomic E-state index is -0.883. The summed E-state index contributed by atoms with van der Waals surface area (Å²) in [6.45, 7) is 0. The zero-order valence-corrected chi connectivity index (χ0v) is 12.5. The molecule has 106 valence electrons. The number of hydrogen-bond acceptors (Lipinski definition) is 1. The molecule has 0 aliphatic carbocycles. The van der Waals surface area contributed by atoms with Gasteiger partial charge in [-0.25, -0.2) is 8.78 Å². The number of ether oxygens (including phenoxy) is 1. The summed E-state index contributed by atoms with van der Waals surface area (Å²) in [6.07, 6.45) is 0. The molecule has 2 aromatic carbocycles. The Morgan fingerprint density at radius 3 is 2.30 bits per heavy atom. The SMILES string of the molecule is COc1cc(Cl)c(C(Cl)c2ccc(F)cc2F)cc1Cl. The first-order valence-electron chi connectivity index (χ1n) is 5.56. The van der Waals surface area contributed by atoms with E-state index in [-0.39, 0.29) is 10.6 Å². The molecule has 0 heterocycles. The van der Waals surface area contributed by atoms with Gasteiger partial charge in [-0.1, -0.05) is 29.3 Å². The highest BCUT2D eigenvalue weighted by Gasteiger charge is 2.20. The van der Waals surface area contributed by atoms with Crippen molar-refractivity contribution in [3.8, 4) is 5.75 Å². The molecule has 2 aromatic rings. The molecule has 2 rings (SSSR count). The fraction of sp³-hybridized carbons (Fsp3) is 0.143. The minimum Gasteiger partial charge on any atom is -0.495 e. The average Bonchev–Trinajstić information content (AvgIpc) is 2.40. The van der Waals surface area contributed by atoms with E-state index in [0.717, 1.165) is 12.1 Å². The molecule has 1 unspecified atom stereocenters. The lowest BCUT2D eigenvalue weighted by atomic mass is 10.0. The van der Waals surface area contributed by atoms with Gasteiger partial charge in [0.15, 0.2) is 0 Å². The third kappa shape index (κ3) is 3.00. The van der Waals surface area contributed by atoms with Crippen molar-refractivity contribution in [1.29, 1.82) is 0 Å². The maximum atomic E-state index is 13.7. The number of benzene rings is 2. The van der Waals surface area contributed by atoms with Crippen LogP contribution in [0.1, 0.15) is 16.5 Å². The molecule has 1 atom stereocenters. The third-order valence-electron chi connectivity index (χ3n) is 2.78. The average molecular weight is 338 g/mol. The maximum absolute atomic E-state index is 13.7. The summed E-state index contributed by atoms with van der Waals surface area (Å²) < 4.78 is 31.7. The van der Waals surface area contributed by atoms with Crippen molar-refractivity contribution in [3.05, 3.63) is 63.1 Å². The van der Waals surface area contributed by atoms with Crippen molar-refractivity contribution in [2.75, 3.05) is 7.11 Å². The highest BCUT2D eigenvalue weighted by Crippen LogP contribution is 2.39. The van der Waals surface area contributed by atoms with Gasteiger partial charge in [0, 0.05) is 22.7 Å². The Kier molecular flexibility index (Phi) is 4.74. The summed E-state index contributed by atoms with van der Waals surface area (Å²) >= 11 is 18.3. The van der Waals surface area contributed by atoms with E-state index in [1.165, 1.54) is 25.3 Å². The molecular formula is C14H9Cl3F2O. The van der Waals surface area contributed by atoms with Crippen molar-refractivity contribution in [2.24, 2.45) is 0 Å². The topological polar surface area (TPSA) is 9.23 Å². The van der Waals surface area contributed by atoms with E-state index in [1.54, 1.807) is 0 Å². The molecule has 0 spiro atoms. The quantitative estimate of drug-likeness (QED) is 0.662. The van der Waals surface area contributed by atoms with E-state index in [2.05, 4.69) is 0 Å². The highest BCUT2D eigenvalue weighted by atomic mass is 35.5. The molecule has 1 nitrogen and oxygen atoms in total. The first-order chi connectivity index (χ1) is 9.43. The van der Waals surface area contributed by atoms with Gasteiger partial charge in [-0.3, -0.25) is 0 Å². The molecule has 0 fully saturated rings. The molecule has 0 amide bonds. The van der Waals surface area contributed by atoms with Gasteiger partial charge in [0.25, 0.3) is 0 Å². The van der Waals surface area contributed by atoms with Crippen molar-refractivity contribution in [2.45, 2.75) is 5.38 Å². The molecule has 0 N–H and O–H groups in total. The largest absolute Gasteiger partial charge is 0.495 e. The normalized spacial score (nSPS) is 12.3. The van der Waals surface area contributed by atoms with Crippen LogP contribution in [0.25, 0.3) is 0 Å². The number of halogens is 5. The standard InChI is InChI=1S/C14H9Cl3F2O/c1-20-13-6-10(15)9(5-11(13)16)14(17)8-3-2-7(18)4-12(8)19/h2-6,14H,1H3. The Labute approximate surface area is 130 Å². The Morgan fingerprint density at radius 1 is 1.00 bits per heavy atom. The van der Waals surface area contributed by atoms with Crippen molar-refractivity contribution < 1.29 is 13.5 Å². The number of alkyl halides is 1. The van der Waals surface area contributed by atoms with Gasteiger partial charge in [0.05, 0.1) is 17.5 Å². The van der Waals surface area contributed by atoms with E-state index >= 15 is 0 Å². The summed E-state index contributed by atoms with van der Waals surface area (Å²) in [6, 6.07) is 6.17. The predicted octanol–water partition coefficient (Wildman–Crippen LogP) is 5.61. The van der Waals surface area contributed by atoms with Gasteiger partial charge in [0.2, 0.25) is 0 Å². The number of rotatable bonds is 3. The van der Waals surface area contributed by atoms with Gasteiger partial charge < -0.3 is 4.74 Å². The van der Waals surface area contributed by atoms with Crippen molar-refractivity contribution in [3.63, 3.8) is 0 Å². The summed E-state index contributed by atoms with van der Waals surface area (Å²) in [5, 5.41) is -0.290. The lowest BCUT2D eigenvalue weighted by molar-refractivity contribution is 0.415. The summed E-state index contributed by atoms with van der Waals surface area (Å²) in [7, 11) is 1.45. The highest BCUT2D eigenvalue weighted by molar-refractivity contribution is 6.36. The van der Waals surface area contributed by atoms with E-state index in [4.69, 9.17) is 39.5 Å². The molecule has 6 heteroatoms. The van der Waals surface area contributed by atoms with E-state index in [1.807, 2.05) is 0 Å². The Morgan fingerprint density at radius 2 is 1.70 bits per heavy atom. The molecule has 20 heavy (non-hydrogen) atoms. The van der Waals surface area contributed by atoms with Crippen LogP contribution in [-0.4, -0.2) is 7.11 Å². The summed E-state index contributed by atoms with van der Waals surface area (Å²) in [5.41, 5.74) is 0.542. The van der Waals surface area contributed by atoms with Crippen molar-refractivity contribution >= 4 is 34.8 Å². The molecule has 0 saturated heterocycles. The number of methoxy groups -OCH3 is 1. The van der Waals surface area contributed by atoms with Gasteiger partial charge >= 0.3 is 0 Å². The monoisotopic (exact) mass is 336 g/mol. The molecular weight excluding hydrogens is 329 g/mol. The van der Waals surface area contributed by atoms with Gasteiger partial charge in [0.1, 0.15) is 17.4 Å². The second kappa shape index (κ2) is 6.17. The molecule has 0 radical (unpaired) electrons.